The first kappa shape index (κ1) is 15.6. The lowest BCUT2D eigenvalue weighted by molar-refractivity contribution is 0.524. The van der Waals surface area contributed by atoms with E-state index in [1.54, 1.807) is 0 Å². The fourth-order valence-corrected chi connectivity index (χ4v) is 2.82. The Kier molecular flexibility index (Phi) is 5.01. The molecule has 0 saturated carbocycles. The van der Waals surface area contributed by atoms with Gasteiger partial charge in [-0.05, 0) is 52.1 Å². The normalized spacial score (nSPS) is 13.5. The third-order valence-corrected chi connectivity index (χ3v) is 3.80. The van der Waals surface area contributed by atoms with Crippen LogP contribution in [0.3, 0.4) is 0 Å². The monoisotopic (exact) mass is 300 g/mol. The van der Waals surface area contributed by atoms with Crippen LogP contribution in [0, 0.1) is 6.92 Å². The molecular formula is C17H22NO2Si. The Bertz CT molecular complexity index is 631. The van der Waals surface area contributed by atoms with Crippen LogP contribution in [-0.2, 0) is 0 Å². The van der Waals surface area contributed by atoms with Gasteiger partial charge < -0.3 is 8.84 Å². The summed E-state index contributed by atoms with van der Waals surface area (Å²) in [5.41, 5.74) is 2.02. The molecule has 0 saturated heterocycles. The molecule has 111 valence electrons. The molecule has 0 fully saturated rings. The Morgan fingerprint density at radius 2 is 1.90 bits per heavy atom. The number of hydrogen-bond donors (Lipinski definition) is 0. The molecule has 1 atom stereocenters. The van der Waals surface area contributed by atoms with Crippen LogP contribution in [0.15, 0.2) is 45.8 Å². The number of benzene rings is 1. The number of para-hydroxylation sites is 1. The summed E-state index contributed by atoms with van der Waals surface area (Å²) < 4.78 is 11.6. The average molecular weight is 300 g/mol. The fourth-order valence-electron chi connectivity index (χ4n) is 2.19. The van der Waals surface area contributed by atoms with Gasteiger partial charge in [0.05, 0.1) is 11.8 Å². The number of hydrogen-bond acceptors (Lipinski definition) is 3. The molecule has 0 spiro atoms. The van der Waals surface area contributed by atoms with Crippen LogP contribution in [-0.4, -0.2) is 14.8 Å². The van der Waals surface area contributed by atoms with E-state index in [1.807, 2.05) is 44.2 Å². The molecular weight excluding hydrogens is 278 g/mol. The molecule has 1 aromatic heterocycles. The van der Waals surface area contributed by atoms with E-state index in [1.165, 1.54) is 0 Å². The molecule has 1 aromatic carbocycles. The van der Waals surface area contributed by atoms with E-state index in [0.29, 0.717) is 0 Å². The second kappa shape index (κ2) is 6.76. The summed E-state index contributed by atoms with van der Waals surface area (Å²) in [5.74, 6) is 2.67. The maximum atomic E-state index is 5.97. The Hall–Kier alpha value is -1.81. The van der Waals surface area contributed by atoms with Gasteiger partial charge in [-0.1, -0.05) is 18.2 Å². The number of furan rings is 1. The van der Waals surface area contributed by atoms with E-state index in [0.717, 1.165) is 28.5 Å². The predicted molar refractivity (Wildman–Crippen MR) is 88.6 cm³/mol. The number of aryl methyl sites for hydroxylation is 1. The van der Waals surface area contributed by atoms with E-state index in [9.17, 15) is 0 Å². The minimum atomic E-state index is -0.785. The Labute approximate surface area is 128 Å². The van der Waals surface area contributed by atoms with Crippen molar-refractivity contribution in [2.75, 3.05) is 0 Å². The second-order valence-corrected chi connectivity index (χ2v) is 7.37. The lowest BCUT2D eigenvalue weighted by atomic mass is 10.1. The van der Waals surface area contributed by atoms with E-state index < -0.39 is 9.04 Å². The van der Waals surface area contributed by atoms with Crippen LogP contribution >= 0.6 is 0 Å². The van der Waals surface area contributed by atoms with Crippen molar-refractivity contribution in [2.45, 2.75) is 39.9 Å². The molecule has 3 nitrogen and oxygen atoms in total. The van der Waals surface area contributed by atoms with Gasteiger partial charge in [0.25, 0.3) is 9.04 Å². The highest BCUT2D eigenvalue weighted by molar-refractivity contribution is 6.49. The summed E-state index contributed by atoms with van der Waals surface area (Å²) >= 11 is 0. The van der Waals surface area contributed by atoms with Crippen molar-refractivity contribution in [1.82, 2.24) is 0 Å². The molecule has 1 heterocycles. The van der Waals surface area contributed by atoms with Crippen molar-refractivity contribution >= 4 is 14.8 Å². The van der Waals surface area contributed by atoms with Crippen molar-refractivity contribution in [3.05, 3.63) is 53.5 Å². The third kappa shape index (κ3) is 4.08. The molecule has 0 aliphatic rings. The molecule has 0 bridgehead atoms. The van der Waals surface area contributed by atoms with Crippen molar-refractivity contribution < 1.29 is 8.84 Å². The summed E-state index contributed by atoms with van der Waals surface area (Å²) in [6.07, 6.45) is 0. The standard InChI is InChI=1S/C17H22NO2Si/c1-12-10-11-16(19-12)14(3)18-13(2)15-8-6-7-9-17(15)20-21(4)5/h6-11,13H,1-5H3. The molecule has 2 aromatic rings. The zero-order valence-corrected chi connectivity index (χ0v) is 14.3. The third-order valence-electron chi connectivity index (χ3n) is 3.17. The molecule has 1 radical (unpaired) electrons. The number of nitrogens with zero attached hydrogens (tertiary/aromatic N) is 1. The fraction of sp³-hybridized carbons (Fsp3) is 0.353. The zero-order valence-electron chi connectivity index (χ0n) is 13.3. The van der Waals surface area contributed by atoms with Gasteiger partial charge in [0.1, 0.15) is 17.3 Å². The first-order chi connectivity index (χ1) is 9.97. The molecule has 0 N–H and O–H groups in total. The molecule has 0 aliphatic heterocycles. The number of rotatable bonds is 5. The summed E-state index contributed by atoms with van der Waals surface area (Å²) in [4.78, 5) is 4.75. The highest BCUT2D eigenvalue weighted by atomic mass is 28.3. The first-order valence-corrected chi connectivity index (χ1v) is 9.56. The molecule has 2 rings (SSSR count). The van der Waals surface area contributed by atoms with Crippen molar-refractivity contribution in [3.63, 3.8) is 0 Å². The van der Waals surface area contributed by atoms with E-state index in [4.69, 9.17) is 13.8 Å². The van der Waals surface area contributed by atoms with E-state index in [2.05, 4.69) is 26.1 Å². The average Bonchev–Trinajstić information content (AvgIpc) is 2.85. The summed E-state index contributed by atoms with van der Waals surface area (Å²) in [6.45, 7) is 10.3. The lowest BCUT2D eigenvalue weighted by Gasteiger charge is -2.16. The molecule has 21 heavy (non-hydrogen) atoms. The maximum Gasteiger partial charge on any atom is 0.274 e. The second-order valence-electron chi connectivity index (χ2n) is 5.35. The van der Waals surface area contributed by atoms with Gasteiger partial charge >= 0.3 is 0 Å². The van der Waals surface area contributed by atoms with Crippen LogP contribution in [0.25, 0.3) is 0 Å². The van der Waals surface area contributed by atoms with Crippen LogP contribution < -0.4 is 4.43 Å². The minimum Gasteiger partial charge on any atom is -0.542 e. The van der Waals surface area contributed by atoms with Crippen LogP contribution in [0.1, 0.15) is 37.0 Å². The summed E-state index contributed by atoms with van der Waals surface area (Å²) in [7, 11) is -0.785. The van der Waals surface area contributed by atoms with Crippen molar-refractivity contribution in [3.8, 4) is 5.75 Å². The molecule has 1 unspecified atom stereocenters. The first-order valence-electron chi connectivity index (χ1n) is 7.15. The van der Waals surface area contributed by atoms with E-state index >= 15 is 0 Å². The van der Waals surface area contributed by atoms with Gasteiger partial charge in [0, 0.05) is 5.56 Å². The lowest BCUT2D eigenvalue weighted by Crippen LogP contribution is -2.13. The van der Waals surface area contributed by atoms with Gasteiger partial charge in [0.2, 0.25) is 0 Å². The highest BCUT2D eigenvalue weighted by Crippen LogP contribution is 2.28. The smallest absolute Gasteiger partial charge is 0.274 e. The molecule has 0 amide bonds. The maximum absolute atomic E-state index is 5.97. The SMILES string of the molecule is CC(=NC(C)c1ccccc1O[Si](C)C)c1ccc(C)o1. The molecule has 4 heteroatoms. The van der Waals surface area contributed by atoms with Crippen molar-refractivity contribution in [2.24, 2.45) is 4.99 Å². The minimum absolute atomic E-state index is 0.0351. The van der Waals surface area contributed by atoms with Gasteiger partial charge in [-0.15, -0.1) is 0 Å². The van der Waals surface area contributed by atoms with Crippen LogP contribution in [0.5, 0.6) is 5.75 Å². The largest absolute Gasteiger partial charge is 0.542 e. The summed E-state index contributed by atoms with van der Waals surface area (Å²) in [5, 5.41) is 0. The zero-order chi connectivity index (χ0) is 15.4. The van der Waals surface area contributed by atoms with Gasteiger partial charge in [-0.3, -0.25) is 4.99 Å². The quantitative estimate of drug-likeness (QED) is 0.588. The Morgan fingerprint density at radius 3 is 2.52 bits per heavy atom. The van der Waals surface area contributed by atoms with Crippen molar-refractivity contribution in [1.29, 1.82) is 0 Å². The Morgan fingerprint density at radius 1 is 1.19 bits per heavy atom. The number of aliphatic imine (C=N–C) groups is 1. The van der Waals surface area contributed by atoms with Crippen LogP contribution in [0.4, 0.5) is 0 Å². The Balaban J connectivity index is 2.25. The molecule has 0 aliphatic carbocycles. The van der Waals surface area contributed by atoms with Gasteiger partial charge in [0.15, 0.2) is 0 Å². The topological polar surface area (TPSA) is 34.7 Å². The summed E-state index contributed by atoms with van der Waals surface area (Å²) in [6, 6.07) is 12.1. The van der Waals surface area contributed by atoms with Gasteiger partial charge in [-0.2, -0.15) is 0 Å². The predicted octanol–water partition coefficient (Wildman–Crippen LogP) is 4.79. The highest BCUT2D eigenvalue weighted by Gasteiger charge is 2.13. The van der Waals surface area contributed by atoms with Gasteiger partial charge in [-0.25, -0.2) is 0 Å². The van der Waals surface area contributed by atoms with Crippen LogP contribution in [0.2, 0.25) is 13.1 Å². The van der Waals surface area contributed by atoms with E-state index in [-0.39, 0.29) is 6.04 Å².